The highest BCUT2D eigenvalue weighted by Gasteiger charge is 2.35. The fourth-order valence-electron chi connectivity index (χ4n) is 3.31. The third-order valence-corrected chi connectivity index (χ3v) is 4.93. The number of amides is 2. The fourth-order valence-corrected chi connectivity index (χ4v) is 3.51. The number of imide groups is 1. The monoisotopic (exact) mass is 385 g/mol. The molecule has 138 valence electrons. The fraction of sp³-hybridized carbons (Fsp3) is 0.250. The van der Waals surface area contributed by atoms with E-state index >= 15 is 0 Å². The van der Waals surface area contributed by atoms with Crippen LogP contribution in [0, 0.1) is 5.92 Å². The Morgan fingerprint density at radius 1 is 1.15 bits per heavy atom. The van der Waals surface area contributed by atoms with Crippen LogP contribution in [-0.2, 0) is 16.0 Å². The summed E-state index contributed by atoms with van der Waals surface area (Å²) in [5.41, 5.74) is 1.61. The molecule has 0 bridgehead atoms. The Hall–Kier alpha value is -2.86. The zero-order valence-electron chi connectivity index (χ0n) is 14.3. The average molecular weight is 386 g/mol. The SMILES string of the molecule is O=C(OCCN1C(=O)c2ccccc2C1=O)[C@@H]1COc2ccc(Cl)cc2C1. The van der Waals surface area contributed by atoms with E-state index in [0.717, 1.165) is 16.2 Å². The first-order valence-electron chi connectivity index (χ1n) is 8.57. The maximum Gasteiger partial charge on any atom is 0.312 e. The van der Waals surface area contributed by atoms with Crippen LogP contribution in [0.25, 0.3) is 0 Å². The number of ether oxygens (including phenoxy) is 2. The molecule has 0 fully saturated rings. The standard InChI is InChI=1S/C20H16ClNO5/c21-14-5-6-17-12(10-14)9-13(11-27-17)20(25)26-8-7-22-18(23)15-3-1-2-4-16(15)19(22)24/h1-6,10,13H,7-9,11H2/t13-/m0/s1. The summed E-state index contributed by atoms with van der Waals surface area (Å²) in [6.45, 7) is 0.192. The van der Waals surface area contributed by atoms with Gasteiger partial charge in [-0.3, -0.25) is 19.3 Å². The molecule has 0 unspecified atom stereocenters. The summed E-state index contributed by atoms with van der Waals surface area (Å²) in [7, 11) is 0. The van der Waals surface area contributed by atoms with Crippen molar-refractivity contribution in [2.24, 2.45) is 5.92 Å². The molecule has 6 nitrogen and oxygen atoms in total. The van der Waals surface area contributed by atoms with E-state index in [1.165, 1.54) is 0 Å². The van der Waals surface area contributed by atoms with E-state index in [9.17, 15) is 14.4 Å². The third kappa shape index (κ3) is 3.28. The number of carbonyl (C=O) groups excluding carboxylic acids is 3. The molecular weight excluding hydrogens is 370 g/mol. The molecule has 2 aliphatic heterocycles. The molecule has 0 spiro atoms. The van der Waals surface area contributed by atoms with Gasteiger partial charge < -0.3 is 9.47 Å². The van der Waals surface area contributed by atoms with Crippen molar-refractivity contribution in [1.82, 2.24) is 4.90 Å². The molecule has 0 radical (unpaired) electrons. The Morgan fingerprint density at radius 2 is 1.85 bits per heavy atom. The van der Waals surface area contributed by atoms with Crippen molar-refractivity contribution in [3.63, 3.8) is 0 Å². The van der Waals surface area contributed by atoms with Crippen molar-refractivity contribution in [2.45, 2.75) is 6.42 Å². The normalized spacial score (nSPS) is 18.0. The van der Waals surface area contributed by atoms with Crippen molar-refractivity contribution < 1.29 is 23.9 Å². The van der Waals surface area contributed by atoms with E-state index in [0.29, 0.717) is 22.6 Å². The molecule has 27 heavy (non-hydrogen) atoms. The lowest BCUT2D eigenvalue weighted by molar-refractivity contribution is -0.150. The largest absolute Gasteiger partial charge is 0.492 e. The Balaban J connectivity index is 1.33. The maximum atomic E-state index is 12.3. The first-order chi connectivity index (χ1) is 13.0. The van der Waals surface area contributed by atoms with Crippen molar-refractivity contribution >= 4 is 29.4 Å². The first kappa shape index (κ1) is 17.5. The molecule has 2 aliphatic rings. The van der Waals surface area contributed by atoms with Gasteiger partial charge in [0.25, 0.3) is 11.8 Å². The second-order valence-corrected chi connectivity index (χ2v) is 6.88. The summed E-state index contributed by atoms with van der Waals surface area (Å²) in [6.07, 6.45) is 0.474. The van der Waals surface area contributed by atoms with Gasteiger partial charge in [-0.1, -0.05) is 23.7 Å². The minimum absolute atomic E-state index is 0.0219. The van der Waals surface area contributed by atoms with E-state index in [1.807, 2.05) is 0 Å². The van der Waals surface area contributed by atoms with Crippen LogP contribution in [0.15, 0.2) is 42.5 Å². The highest BCUT2D eigenvalue weighted by atomic mass is 35.5. The Kier molecular flexibility index (Phi) is 4.58. The number of halogens is 1. The van der Waals surface area contributed by atoms with Crippen molar-refractivity contribution in [2.75, 3.05) is 19.8 Å². The van der Waals surface area contributed by atoms with Gasteiger partial charge in [0, 0.05) is 5.02 Å². The number of rotatable bonds is 4. The zero-order valence-corrected chi connectivity index (χ0v) is 15.1. The molecule has 2 amide bonds. The molecule has 2 heterocycles. The molecule has 0 saturated heterocycles. The summed E-state index contributed by atoms with van der Waals surface area (Å²) in [5, 5.41) is 0.581. The Morgan fingerprint density at radius 3 is 2.56 bits per heavy atom. The predicted molar refractivity (Wildman–Crippen MR) is 96.9 cm³/mol. The van der Waals surface area contributed by atoms with Crippen LogP contribution in [0.2, 0.25) is 5.02 Å². The molecular formula is C20H16ClNO5. The number of nitrogens with zero attached hydrogens (tertiary/aromatic N) is 1. The number of hydrogen-bond donors (Lipinski definition) is 0. The number of fused-ring (bicyclic) bond motifs is 2. The minimum Gasteiger partial charge on any atom is -0.492 e. The molecule has 4 rings (SSSR count). The van der Waals surface area contributed by atoms with Gasteiger partial charge in [0.1, 0.15) is 19.0 Å². The third-order valence-electron chi connectivity index (χ3n) is 4.70. The second kappa shape index (κ2) is 7.04. The molecule has 0 aliphatic carbocycles. The van der Waals surface area contributed by atoms with Crippen molar-refractivity contribution in [3.05, 3.63) is 64.2 Å². The van der Waals surface area contributed by atoms with Crippen molar-refractivity contribution in [3.8, 4) is 5.75 Å². The summed E-state index contributed by atoms with van der Waals surface area (Å²) < 4.78 is 10.9. The topological polar surface area (TPSA) is 72.9 Å². The minimum atomic E-state index is -0.446. The predicted octanol–water partition coefficient (Wildman–Crippen LogP) is 2.73. The number of benzene rings is 2. The molecule has 2 aromatic carbocycles. The first-order valence-corrected chi connectivity index (χ1v) is 8.95. The van der Waals surface area contributed by atoms with E-state index < -0.39 is 11.9 Å². The second-order valence-electron chi connectivity index (χ2n) is 6.44. The van der Waals surface area contributed by atoms with Crippen LogP contribution in [0.1, 0.15) is 26.3 Å². The Labute approximate surface area is 160 Å². The summed E-state index contributed by atoms with van der Waals surface area (Å²) >= 11 is 5.98. The van der Waals surface area contributed by atoms with Crippen LogP contribution in [0.4, 0.5) is 0 Å². The number of carbonyl (C=O) groups is 3. The quantitative estimate of drug-likeness (QED) is 0.597. The van der Waals surface area contributed by atoms with E-state index in [4.69, 9.17) is 21.1 Å². The lowest BCUT2D eigenvalue weighted by Gasteiger charge is -2.24. The van der Waals surface area contributed by atoms with Gasteiger partial charge in [-0.15, -0.1) is 0 Å². The molecule has 1 atom stereocenters. The highest BCUT2D eigenvalue weighted by molar-refractivity contribution is 6.30. The summed E-state index contributed by atoms with van der Waals surface area (Å²) in [4.78, 5) is 38.0. The van der Waals surface area contributed by atoms with Gasteiger partial charge >= 0.3 is 5.97 Å². The summed E-state index contributed by atoms with van der Waals surface area (Å²) in [5.74, 6) is -0.878. The van der Waals surface area contributed by atoms with Crippen molar-refractivity contribution in [1.29, 1.82) is 0 Å². The van der Waals surface area contributed by atoms with Crippen LogP contribution >= 0.6 is 11.6 Å². The molecule has 7 heteroatoms. The maximum absolute atomic E-state index is 12.3. The van der Waals surface area contributed by atoms with E-state index in [2.05, 4.69) is 0 Å². The van der Waals surface area contributed by atoms with E-state index in [1.54, 1.807) is 42.5 Å². The van der Waals surface area contributed by atoms with Crippen LogP contribution in [0.3, 0.4) is 0 Å². The average Bonchev–Trinajstić information content (AvgIpc) is 2.92. The number of esters is 1. The molecule has 0 saturated carbocycles. The van der Waals surface area contributed by atoms with E-state index in [-0.39, 0.29) is 31.6 Å². The molecule has 0 aromatic heterocycles. The molecule has 2 aromatic rings. The lowest BCUT2D eigenvalue weighted by Crippen LogP contribution is -2.35. The van der Waals surface area contributed by atoms with Gasteiger partial charge in [-0.2, -0.15) is 0 Å². The van der Waals surface area contributed by atoms with Crippen LogP contribution in [-0.4, -0.2) is 42.4 Å². The van der Waals surface area contributed by atoms with Gasteiger partial charge in [-0.05, 0) is 42.3 Å². The zero-order chi connectivity index (χ0) is 19.0. The van der Waals surface area contributed by atoms with Gasteiger partial charge in [0.2, 0.25) is 0 Å². The van der Waals surface area contributed by atoms with Crippen LogP contribution < -0.4 is 4.74 Å². The van der Waals surface area contributed by atoms with Gasteiger partial charge in [-0.25, -0.2) is 0 Å². The van der Waals surface area contributed by atoms with Crippen LogP contribution in [0.5, 0.6) is 5.75 Å². The number of hydrogen-bond acceptors (Lipinski definition) is 5. The Bertz CT molecular complexity index is 907. The van der Waals surface area contributed by atoms with Gasteiger partial charge in [0.15, 0.2) is 0 Å². The van der Waals surface area contributed by atoms with Gasteiger partial charge in [0.05, 0.1) is 23.6 Å². The lowest BCUT2D eigenvalue weighted by atomic mass is 9.97. The molecule has 0 N–H and O–H groups in total. The summed E-state index contributed by atoms with van der Waals surface area (Å²) in [6, 6.07) is 11.9. The smallest absolute Gasteiger partial charge is 0.312 e. The highest BCUT2D eigenvalue weighted by Crippen LogP contribution is 2.30.